The molecule has 0 aromatic heterocycles. The molecule has 2 aromatic rings. The number of nitrogens with one attached hydrogen (secondary N) is 2. The van der Waals surface area contributed by atoms with Crippen LogP contribution in [0.15, 0.2) is 54.6 Å². The number of carbonyl (C=O) groups excluding carboxylic acids is 3. The number of benzene rings is 2. The fraction of sp³-hybridized carbons (Fsp3) is 0.375. The zero-order valence-corrected chi connectivity index (χ0v) is 17.4. The highest BCUT2D eigenvalue weighted by molar-refractivity contribution is 6.04. The predicted molar refractivity (Wildman–Crippen MR) is 113 cm³/mol. The second kappa shape index (κ2) is 9.39. The number of hydrogen-bond acceptors (Lipinski definition) is 3. The largest absolute Gasteiger partial charge is 0.349 e. The van der Waals surface area contributed by atoms with E-state index in [-0.39, 0.29) is 42.0 Å². The lowest BCUT2D eigenvalue weighted by atomic mass is 10.0. The molecule has 2 aliphatic rings. The molecule has 0 aliphatic carbocycles. The van der Waals surface area contributed by atoms with Crippen molar-refractivity contribution in [1.82, 2.24) is 10.2 Å². The summed E-state index contributed by atoms with van der Waals surface area (Å²) in [6.07, 6.45) is 2.40. The number of halogens is 1. The molecule has 2 aromatic carbocycles. The van der Waals surface area contributed by atoms with Crippen LogP contribution >= 0.6 is 0 Å². The van der Waals surface area contributed by atoms with Gasteiger partial charge in [0.05, 0.1) is 19.5 Å². The average molecular weight is 424 g/mol. The molecule has 2 N–H and O–H groups in total. The van der Waals surface area contributed by atoms with Crippen molar-refractivity contribution in [3.63, 3.8) is 0 Å². The van der Waals surface area contributed by atoms with E-state index in [4.69, 9.17) is 0 Å². The van der Waals surface area contributed by atoms with Crippen LogP contribution in [0.2, 0.25) is 0 Å². The first-order valence-corrected chi connectivity index (χ1v) is 10.8. The Morgan fingerprint density at radius 3 is 2.39 bits per heavy atom. The van der Waals surface area contributed by atoms with Gasteiger partial charge in [-0.2, -0.15) is 0 Å². The van der Waals surface area contributed by atoms with E-state index in [1.165, 1.54) is 29.2 Å². The summed E-state index contributed by atoms with van der Waals surface area (Å²) in [7, 11) is 0. The van der Waals surface area contributed by atoms with Crippen molar-refractivity contribution < 1.29 is 23.7 Å². The first-order valence-electron chi connectivity index (χ1n) is 10.8. The second-order valence-electron chi connectivity index (χ2n) is 8.29. The quantitative estimate of drug-likeness (QED) is 0.679. The van der Waals surface area contributed by atoms with Crippen molar-refractivity contribution >= 4 is 17.7 Å². The number of likely N-dealkylation sites (tertiary alicyclic amines) is 2. The van der Waals surface area contributed by atoms with Crippen LogP contribution in [0.1, 0.15) is 35.2 Å². The highest BCUT2D eigenvalue weighted by Gasteiger charge is 2.45. The lowest BCUT2D eigenvalue weighted by Gasteiger charge is -2.32. The van der Waals surface area contributed by atoms with E-state index in [0.29, 0.717) is 18.5 Å². The van der Waals surface area contributed by atoms with Crippen molar-refractivity contribution in [2.45, 2.75) is 37.8 Å². The third-order valence-corrected chi connectivity index (χ3v) is 6.27. The van der Waals surface area contributed by atoms with E-state index >= 15 is 0 Å². The van der Waals surface area contributed by atoms with Gasteiger partial charge in [-0.15, -0.1) is 0 Å². The summed E-state index contributed by atoms with van der Waals surface area (Å²) in [4.78, 5) is 40.2. The zero-order chi connectivity index (χ0) is 21.8. The molecule has 6 nitrogen and oxygen atoms in total. The summed E-state index contributed by atoms with van der Waals surface area (Å²) in [5, 5.41) is 3.00. The maximum absolute atomic E-state index is 13.0. The van der Waals surface area contributed by atoms with E-state index in [1.807, 2.05) is 30.3 Å². The Morgan fingerprint density at radius 2 is 1.71 bits per heavy atom. The fourth-order valence-corrected chi connectivity index (χ4v) is 4.47. The van der Waals surface area contributed by atoms with Gasteiger partial charge in [-0.05, 0) is 36.2 Å². The molecule has 4 rings (SSSR count). The van der Waals surface area contributed by atoms with Crippen LogP contribution in [-0.2, 0) is 16.0 Å². The molecule has 0 saturated carbocycles. The van der Waals surface area contributed by atoms with E-state index in [1.54, 1.807) is 0 Å². The number of imide groups is 1. The Kier molecular flexibility index (Phi) is 6.42. The smallest absolute Gasteiger partial charge is 0.288 e. The summed E-state index contributed by atoms with van der Waals surface area (Å²) in [6, 6.07) is 15.0. The third-order valence-electron chi connectivity index (χ3n) is 6.27. The first kappa shape index (κ1) is 21.2. The molecule has 2 fully saturated rings. The molecule has 0 radical (unpaired) electrons. The Morgan fingerprint density at radius 1 is 1.03 bits per heavy atom. The van der Waals surface area contributed by atoms with Crippen molar-refractivity contribution in [1.29, 1.82) is 0 Å². The van der Waals surface area contributed by atoms with Crippen LogP contribution in [0.25, 0.3) is 0 Å². The Balaban J connectivity index is 1.27. The number of carbonyl (C=O) groups is 3. The molecule has 0 bridgehead atoms. The lowest BCUT2D eigenvalue weighted by Crippen LogP contribution is -3.17. The van der Waals surface area contributed by atoms with Gasteiger partial charge in [-0.1, -0.05) is 30.3 Å². The van der Waals surface area contributed by atoms with Crippen molar-refractivity contribution in [2.75, 3.05) is 19.6 Å². The maximum Gasteiger partial charge on any atom is 0.288 e. The normalized spacial score (nSPS) is 23.8. The number of amides is 3. The topological polar surface area (TPSA) is 70.9 Å². The van der Waals surface area contributed by atoms with Gasteiger partial charge in [0.15, 0.2) is 6.04 Å². The molecular formula is C24H27FN3O3+. The summed E-state index contributed by atoms with van der Waals surface area (Å²) in [5.74, 6) is -0.760. The van der Waals surface area contributed by atoms with Crippen LogP contribution in [0.5, 0.6) is 0 Å². The number of nitrogens with zero attached hydrogens (tertiary/aromatic N) is 1. The molecule has 0 spiro atoms. The Bertz CT molecular complexity index is 940. The number of quaternary nitrogens is 1. The number of hydrogen-bond donors (Lipinski definition) is 2. The van der Waals surface area contributed by atoms with Gasteiger partial charge in [0.2, 0.25) is 5.91 Å². The van der Waals surface area contributed by atoms with Gasteiger partial charge >= 0.3 is 0 Å². The molecule has 2 aliphatic heterocycles. The van der Waals surface area contributed by atoms with Crippen molar-refractivity contribution in [3.8, 4) is 0 Å². The lowest BCUT2D eigenvalue weighted by molar-refractivity contribution is -0.920. The van der Waals surface area contributed by atoms with E-state index in [9.17, 15) is 18.8 Å². The van der Waals surface area contributed by atoms with Gasteiger partial charge in [0, 0.05) is 31.0 Å². The molecular weight excluding hydrogens is 397 g/mol. The third kappa shape index (κ3) is 4.99. The zero-order valence-electron chi connectivity index (χ0n) is 17.4. The van der Waals surface area contributed by atoms with Crippen LogP contribution in [0.3, 0.4) is 0 Å². The van der Waals surface area contributed by atoms with Crippen LogP contribution in [0.4, 0.5) is 4.39 Å². The van der Waals surface area contributed by atoms with Crippen molar-refractivity contribution in [3.05, 3.63) is 71.5 Å². The van der Waals surface area contributed by atoms with Crippen molar-refractivity contribution in [2.24, 2.45) is 0 Å². The number of piperidine rings is 1. The molecule has 2 heterocycles. The van der Waals surface area contributed by atoms with Gasteiger partial charge in [0.25, 0.3) is 11.8 Å². The molecule has 2 saturated heterocycles. The molecule has 1 atom stereocenters. The molecule has 3 amide bonds. The van der Waals surface area contributed by atoms with Crippen LogP contribution in [-0.4, -0.2) is 54.3 Å². The van der Waals surface area contributed by atoms with Gasteiger partial charge in [0.1, 0.15) is 5.82 Å². The van der Waals surface area contributed by atoms with Gasteiger partial charge in [-0.3, -0.25) is 19.3 Å². The molecule has 31 heavy (non-hydrogen) atoms. The summed E-state index contributed by atoms with van der Waals surface area (Å²) in [5.41, 5.74) is 1.54. The highest BCUT2D eigenvalue weighted by Crippen LogP contribution is 2.14. The van der Waals surface area contributed by atoms with E-state index < -0.39 is 0 Å². The molecule has 0 unspecified atom stereocenters. The minimum atomic E-state index is -0.373. The average Bonchev–Trinajstić information content (AvgIpc) is 3.07. The molecule has 7 heteroatoms. The Hall–Kier alpha value is -3.06. The standard InChI is InChI=1S/C24H26FN3O3/c25-19-8-6-18(7-9-19)23(30)26-20-11-13-27(14-12-20)21-16-22(29)28(24(21)31)15-10-17-4-2-1-3-5-17/h1-9,20-21H,10-16H2,(H,26,30)/p+1/t21-/m0/s1. The second-order valence-corrected chi connectivity index (χ2v) is 8.29. The summed E-state index contributed by atoms with van der Waals surface area (Å²) >= 11 is 0. The summed E-state index contributed by atoms with van der Waals surface area (Å²) < 4.78 is 13.0. The van der Waals surface area contributed by atoms with Crippen LogP contribution < -0.4 is 10.2 Å². The first-order chi connectivity index (χ1) is 15.0. The van der Waals surface area contributed by atoms with E-state index in [2.05, 4.69) is 5.32 Å². The Labute approximate surface area is 181 Å². The van der Waals surface area contributed by atoms with Gasteiger partial charge in [-0.25, -0.2) is 4.39 Å². The SMILES string of the molecule is O=C(NC1CC[NH+]([C@H]2CC(=O)N(CCc3ccccc3)C2=O)CC1)c1ccc(F)cc1. The van der Waals surface area contributed by atoms with Gasteiger partial charge < -0.3 is 10.2 Å². The predicted octanol–water partition coefficient (Wildman–Crippen LogP) is 0.973. The fourth-order valence-electron chi connectivity index (χ4n) is 4.47. The summed E-state index contributed by atoms with van der Waals surface area (Å²) in [6.45, 7) is 1.87. The van der Waals surface area contributed by atoms with E-state index in [0.717, 1.165) is 36.4 Å². The minimum Gasteiger partial charge on any atom is -0.349 e. The highest BCUT2D eigenvalue weighted by atomic mass is 19.1. The van der Waals surface area contributed by atoms with Crippen LogP contribution in [0, 0.1) is 5.82 Å². The monoisotopic (exact) mass is 424 g/mol. The minimum absolute atomic E-state index is 0.0164. The molecule has 162 valence electrons. The number of rotatable bonds is 6. The maximum atomic E-state index is 13.0.